The second-order valence-electron chi connectivity index (χ2n) is 6.44. The third-order valence-corrected chi connectivity index (χ3v) is 4.58. The van der Waals surface area contributed by atoms with Crippen LogP contribution in [0.2, 0.25) is 0 Å². The topological polar surface area (TPSA) is 51.1 Å². The molecule has 26 heavy (non-hydrogen) atoms. The van der Waals surface area contributed by atoms with E-state index in [0.29, 0.717) is 12.1 Å². The van der Waals surface area contributed by atoms with Crippen molar-refractivity contribution in [1.29, 1.82) is 0 Å². The minimum atomic E-state index is -0.384. The highest BCUT2D eigenvalue weighted by atomic mass is 19.1. The number of carbonyl (C=O) groups is 2. The number of hydrogen-bond donors (Lipinski definition) is 1. The molecule has 5 heteroatoms. The fourth-order valence-electron chi connectivity index (χ4n) is 2.94. The zero-order chi connectivity index (χ0) is 18.7. The second kappa shape index (κ2) is 7.52. The molecular weight excluding hydrogens is 331 g/mol. The van der Waals surface area contributed by atoms with Crippen LogP contribution in [0.5, 0.6) is 0 Å². The lowest BCUT2D eigenvalue weighted by atomic mass is 10.1. The predicted octanol–water partition coefficient (Wildman–Crippen LogP) is 3.91. The molecule has 1 amide bonds. The zero-order valence-electron chi connectivity index (χ0n) is 14.9. The van der Waals surface area contributed by atoms with E-state index in [1.165, 1.54) is 30.0 Å². The van der Waals surface area contributed by atoms with E-state index in [4.69, 9.17) is 0 Å². The van der Waals surface area contributed by atoms with Crippen LogP contribution in [0.15, 0.2) is 48.5 Å². The highest BCUT2D eigenvalue weighted by Crippen LogP contribution is 2.19. The summed E-state index contributed by atoms with van der Waals surface area (Å²) in [5, 5.41) is 3.98. The number of Topliss-reactive ketones (excluding diaryl/α,β-unsaturated/α-hetero) is 1. The molecule has 3 rings (SSSR count). The summed E-state index contributed by atoms with van der Waals surface area (Å²) in [6, 6.07) is 13.6. The fraction of sp³-hybridized carbons (Fsp3) is 0.238. The van der Waals surface area contributed by atoms with Crippen molar-refractivity contribution in [3.63, 3.8) is 0 Å². The monoisotopic (exact) mass is 352 g/mol. The molecule has 0 bridgehead atoms. The van der Waals surface area contributed by atoms with Gasteiger partial charge < -0.3 is 9.88 Å². The van der Waals surface area contributed by atoms with Gasteiger partial charge in [0.05, 0.1) is 0 Å². The Morgan fingerprint density at radius 1 is 1.04 bits per heavy atom. The summed E-state index contributed by atoms with van der Waals surface area (Å²) >= 11 is 0. The Labute approximate surface area is 151 Å². The maximum atomic E-state index is 12.9. The summed E-state index contributed by atoms with van der Waals surface area (Å²) in [6.45, 7) is 2.48. The van der Waals surface area contributed by atoms with Crippen LogP contribution in [-0.4, -0.2) is 16.3 Å². The maximum absolute atomic E-state index is 12.9. The van der Waals surface area contributed by atoms with Crippen LogP contribution < -0.4 is 5.32 Å². The van der Waals surface area contributed by atoms with Gasteiger partial charge in [0, 0.05) is 48.6 Å². The van der Waals surface area contributed by atoms with Crippen LogP contribution in [0.1, 0.15) is 34.5 Å². The summed E-state index contributed by atoms with van der Waals surface area (Å²) < 4.78 is 15.0. The number of rotatable bonds is 6. The van der Waals surface area contributed by atoms with Gasteiger partial charge in [-0.25, -0.2) is 4.39 Å². The number of hydrogen-bond acceptors (Lipinski definition) is 2. The number of nitrogens with one attached hydrogen (secondary N) is 1. The molecule has 0 aliphatic heterocycles. The molecule has 3 aromatic rings. The smallest absolute Gasteiger partial charge is 0.220 e. The third-order valence-electron chi connectivity index (χ3n) is 4.58. The molecule has 0 spiro atoms. The molecule has 1 N–H and O–H groups in total. The molecule has 2 aromatic carbocycles. The molecule has 0 atom stereocenters. The SMILES string of the molecule is Cc1cc2cc(CNC(=O)CCC(=O)c3ccc(F)cc3)ccc2n1C. The highest BCUT2D eigenvalue weighted by Gasteiger charge is 2.10. The highest BCUT2D eigenvalue weighted by molar-refractivity contribution is 5.97. The average Bonchev–Trinajstić information content (AvgIpc) is 2.92. The van der Waals surface area contributed by atoms with Crippen LogP contribution in [0.4, 0.5) is 4.39 Å². The minimum Gasteiger partial charge on any atom is -0.352 e. The van der Waals surface area contributed by atoms with E-state index in [1.807, 2.05) is 19.2 Å². The van der Waals surface area contributed by atoms with E-state index >= 15 is 0 Å². The molecule has 0 unspecified atom stereocenters. The summed E-state index contributed by atoms with van der Waals surface area (Å²) in [5.74, 6) is -0.726. The maximum Gasteiger partial charge on any atom is 0.220 e. The lowest BCUT2D eigenvalue weighted by Gasteiger charge is -2.06. The Bertz CT molecular complexity index is 958. The number of ketones is 1. The van der Waals surface area contributed by atoms with Crippen LogP contribution in [-0.2, 0) is 18.4 Å². The molecular formula is C21H21FN2O2. The molecule has 1 heterocycles. The number of carbonyl (C=O) groups excluding carboxylic acids is 2. The Hall–Kier alpha value is -2.95. The zero-order valence-corrected chi connectivity index (χ0v) is 14.9. The first kappa shape index (κ1) is 17.9. The number of nitrogens with zero attached hydrogens (tertiary/aromatic N) is 1. The first-order chi connectivity index (χ1) is 12.4. The molecule has 0 fully saturated rings. The molecule has 4 nitrogen and oxygen atoms in total. The number of amides is 1. The summed E-state index contributed by atoms with van der Waals surface area (Å²) in [4.78, 5) is 24.0. The summed E-state index contributed by atoms with van der Waals surface area (Å²) in [6.07, 6.45) is 0.220. The van der Waals surface area contributed by atoms with Crippen molar-refractivity contribution in [2.24, 2.45) is 7.05 Å². The number of halogens is 1. The third kappa shape index (κ3) is 3.99. The van der Waals surface area contributed by atoms with Crippen LogP contribution in [0, 0.1) is 12.7 Å². The van der Waals surface area contributed by atoms with Gasteiger partial charge in [0.25, 0.3) is 0 Å². The Kier molecular flexibility index (Phi) is 5.16. The van der Waals surface area contributed by atoms with Crippen LogP contribution in [0.3, 0.4) is 0 Å². The Morgan fingerprint density at radius 3 is 2.50 bits per heavy atom. The van der Waals surface area contributed by atoms with Crippen molar-refractivity contribution < 1.29 is 14.0 Å². The lowest BCUT2D eigenvalue weighted by Crippen LogP contribution is -2.23. The van der Waals surface area contributed by atoms with E-state index in [2.05, 4.69) is 28.9 Å². The molecule has 0 radical (unpaired) electrons. The fourth-order valence-corrected chi connectivity index (χ4v) is 2.94. The van der Waals surface area contributed by atoms with Gasteiger partial charge in [-0.3, -0.25) is 9.59 Å². The van der Waals surface area contributed by atoms with Gasteiger partial charge in [-0.1, -0.05) is 6.07 Å². The van der Waals surface area contributed by atoms with Crippen molar-refractivity contribution in [3.8, 4) is 0 Å². The van der Waals surface area contributed by atoms with Crippen molar-refractivity contribution in [2.45, 2.75) is 26.3 Å². The summed E-state index contributed by atoms with van der Waals surface area (Å²) in [5.41, 5.74) is 3.77. The number of fused-ring (bicyclic) bond motifs is 1. The van der Waals surface area contributed by atoms with E-state index < -0.39 is 0 Å². The summed E-state index contributed by atoms with van der Waals surface area (Å²) in [7, 11) is 2.03. The number of aryl methyl sites for hydroxylation is 2. The van der Waals surface area contributed by atoms with Gasteiger partial charge in [-0.05, 0) is 55.0 Å². The first-order valence-electron chi connectivity index (χ1n) is 8.54. The Morgan fingerprint density at radius 2 is 1.77 bits per heavy atom. The standard InChI is InChI=1S/C21H21FN2O2/c1-14-11-17-12-15(3-8-19(17)24(14)2)13-23-21(26)10-9-20(25)16-4-6-18(22)7-5-16/h3-8,11-12H,9-10,13H2,1-2H3,(H,23,26). The second-order valence-corrected chi connectivity index (χ2v) is 6.44. The van der Waals surface area contributed by atoms with E-state index in [0.717, 1.165) is 16.5 Å². The van der Waals surface area contributed by atoms with Gasteiger partial charge in [0.1, 0.15) is 5.82 Å². The molecule has 1 aromatic heterocycles. The largest absolute Gasteiger partial charge is 0.352 e. The van der Waals surface area contributed by atoms with Gasteiger partial charge in [0.15, 0.2) is 5.78 Å². The first-order valence-corrected chi connectivity index (χ1v) is 8.54. The normalized spacial score (nSPS) is 10.9. The molecule has 134 valence electrons. The Balaban J connectivity index is 1.52. The van der Waals surface area contributed by atoms with Gasteiger partial charge in [0.2, 0.25) is 5.91 Å². The van der Waals surface area contributed by atoms with Gasteiger partial charge >= 0.3 is 0 Å². The lowest BCUT2D eigenvalue weighted by molar-refractivity contribution is -0.121. The van der Waals surface area contributed by atoms with Crippen molar-refractivity contribution in [2.75, 3.05) is 0 Å². The molecule has 0 aliphatic carbocycles. The molecule has 0 saturated heterocycles. The van der Waals surface area contributed by atoms with E-state index in [9.17, 15) is 14.0 Å². The van der Waals surface area contributed by atoms with E-state index in [1.54, 1.807) is 0 Å². The quantitative estimate of drug-likeness (QED) is 0.684. The van der Waals surface area contributed by atoms with Crippen LogP contribution in [0.25, 0.3) is 10.9 Å². The van der Waals surface area contributed by atoms with Crippen molar-refractivity contribution in [1.82, 2.24) is 9.88 Å². The number of benzene rings is 2. The number of aromatic nitrogens is 1. The predicted molar refractivity (Wildman–Crippen MR) is 99.5 cm³/mol. The van der Waals surface area contributed by atoms with Crippen molar-refractivity contribution >= 4 is 22.6 Å². The van der Waals surface area contributed by atoms with E-state index in [-0.39, 0.29) is 30.3 Å². The van der Waals surface area contributed by atoms with Gasteiger partial charge in [-0.2, -0.15) is 0 Å². The average molecular weight is 352 g/mol. The van der Waals surface area contributed by atoms with Crippen LogP contribution >= 0.6 is 0 Å². The van der Waals surface area contributed by atoms with Gasteiger partial charge in [-0.15, -0.1) is 0 Å². The molecule has 0 saturated carbocycles. The molecule has 0 aliphatic rings. The van der Waals surface area contributed by atoms with Crippen molar-refractivity contribution in [3.05, 3.63) is 71.2 Å². The minimum absolute atomic E-state index is 0.106.